The first-order valence-electron chi connectivity index (χ1n) is 9.11. The van der Waals surface area contributed by atoms with Crippen molar-refractivity contribution in [2.75, 3.05) is 13.1 Å². The Labute approximate surface area is 126 Å². The third kappa shape index (κ3) is 4.21. The van der Waals surface area contributed by atoms with Crippen molar-refractivity contribution in [1.82, 2.24) is 4.90 Å². The summed E-state index contributed by atoms with van der Waals surface area (Å²) in [6.07, 6.45) is 11.0. The summed E-state index contributed by atoms with van der Waals surface area (Å²) in [7, 11) is 0. The van der Waals surface area contributed by atoms with Crippen molar-refractivity contribution in [1.29, 1.82) is 0 Å². The van der Waals surface area contributed by atoms with E-state index in [9.17, 15) is 0 Å². The molecular weight excluding hydrogens is 244 g/mol. The summed E-state index contributed by atoms with van der Waals surface area (Å²) in [5.41, 5.74) is 6.47. The van der Waals surface area contributed by atoms with Crippen LogP contribution in [0.15, 0.2) is 0 Å². The molecule has 1 aliphatic heterocycles. The van der Waals surface area contributed by atoms with E-state index in [0.29, 0.717) is 12.1 Å². The van der Waals surface area contributed by atoms with Crippen LogP contribution in [0.4, 0.5) is 0 Å². The van der Waals surface area contributed by atoms with Gasteiger partial charge in [0.25, 0.3) is 0 Å². The lowest BCUT2D eigenvalue weighted by Gasteiger charge is -2.42. The van der Waals surface area contributed by atoms with Crippen molar-refractivity contribution >= 4 is 0 Å². The van der Waals surface area contributed by atoms with Gasteiger partial charge >= 0.3 is 0 Å². The van der Waals surface area contributed by atoms with E-state index in [1.807, 2.05) is 0 Å². The Morgan fingerprint density at radius 1 is 1.10 bits per heavy atom. The van der Waals surface area contributed by atoms with Gasteiger partial charge in [0.1, 0.15) is 0 Å². The van der Waals surface area contributed by atoms with Crippen molar-refractivity contribution in [2.24, 2.45) is 23.5 Å². The molecule has 2 N–H and O–H groups in total. The van der Waals surface area contributed by atoms with Crippen LogP contribution in [0.1, 0.15) is 72.1 Å². The molecule has 2 nitrogen and oxygen atoms in total. The zero-order valence-corrected chi connectivity index (χ0v) is 14.0. The van der Waals surface area contributed by atoms with Crippen LogP contribution in [-0.2, 0) is 0 Å². The summed E-state index contributed by atoms with van der Waals surface area (Å²) in [5.74, 6) is 2.70. The Hall–Kier alpha value is -0.0800. The average Bonchev–Trinajstić information content (AvgIpc) is 2.65. The van der Waals surface area contributed by atoms with E-state index in [0.717, 1.165) is 17.8 Å². The predicted octanol–water partition coefficient (Wildman–Crippen LogP) is 4.04. The van der Waals surface area contributed by atoms with Gasteiger partial charge in [0, 0.05) is 12.1 Å². The van der Waals surface area contributed by atoms with Gasteiger partial charge in [0.05, 0.1) is 0 Å². The molecule has 2 aliphatic rings. The van der Waals surface area contributed by atoms with E-state index in [1.54, 1.807) is 0 Å². The summed E-state index contributed by atoms with van der Waals surface area (Å²) in [5, 5.41) is 0. The highest BCUT2D eigenvalue weighted by Crippen LogP contribution is 2.33. The van der Waals surface area contributed by atoms with Crippen molar-refractivity contribution in [3.63, 3.8) is 0 Å². The van der Waals surface area contributed by atoms with Gasteiger partial charge in [0.15, 0.2) is 0 Å². The number of nitrogens with zero attached hydrogens (tertiary/aromatic N) is 1. The smallest absolute Gasteiger partial charge is 0.0249 e. The van der Waals surface area contributed by atoms with Gasteiger partial charge in [-0.25, -0.2) is 0 Å². The van der Waals surface area contributed by atoms with Gasteiger partial charge in [-0.15, -0.1) is 0 Å². The molecule has 0 aromatic carbocycles. The van der Waals surface area contributed by atoms with Crippen LogP contribution >= 0.6 is 0 Å². The molecule has 2 rings (SSSR count). The maximum atomic E-state index is 6.47. The maximum absolute atomic E-state index is 6.47. The Bertz CT molecular complexity index is 277. The minimum Gasteiger partial charge on any atom is -0.326 e. The van der Waals surface area contributed by atoms with E-state index >= 15 is 0 Å². The number of hydrogen-bond acceptors (Lipinski definition) is 2. The predicted molar refractivity (Wildman–Crippen MR) is 87.8 cm³/mol. The van der Waals surface area contributed by atoms with Gasteiger partial charge in [-0.1, -0.05) is 33.6 Å². The Morgan fingerprint density at radius 2 is 1.90 bits per heavy atom. The van der Waals surface area contributed by atoms with Gasteiger partial charge in [-0.3, -0.25) is 4.90 Å². The molecule has 118 valence electrons. The van der Waals surface area contributed by atoms with E-state index < -0.39 is 0 Å². The summed E-state index contributed by atoms with van der Waals surface area (Å²) in [4.78, 5) is 2.76. The molecule has 1 saturated carbocycles. The highest BCUT2D eigenvalue weighted by molar-refractivity contribution is 4.91. The lowest BCUT2D eigenvalue weighted by molar-refractivity contribution is 0.0983. The van der Waals surface area contributed by atoms with Crippen molar-refractivity contribution < 1.29 is 0 Å². The van der Waals surface area contributed by atoms with Gasteiger partial charge < -0.3 is 5.73 Å². The lowest BCUT2D eigenvalue weighted by atomic mass is 9.76. The SMILES string of the molecule is CCCC1CCCN(C2CC(C(C)C)CCC2N)CC1. The van der Waals surface area contributed by atoms with Crippen LogP contribution in [0.2, 0.25) is 0 Å². The molecule has 0 bridgehead atoms. The normalized spacial score (nSPS) is 37.0. The summed E-state index contributed by atoms with van der Waals surface area (Å²) >= 11 is 0. The first-order chi connectivity index (χ1) is 9.61. The van der Waals surface area contributed by atoms with E-state index in [4.69, 9.17) is 5.73 Å². The first-order valence-corrected chi connectivity index (χ1v) is 9.11. The number of rotatable bonds is 4. The standard InChI is InChI=1S/C18H36N2/c1-4-6-15-7-5-11-20(12-10-15)18-13-16(14(2)3)8-9-17(18)19/h14-18H,4-13,19H2,1-3H3. The molecule has 2 fully saturated rings. The van der Waals surface area contributed by atoms with Gasteiger partial charge in [-0.2, -0.15) is 0 Å². The zero-order chi connectivity index (χ0) is 14.5. The quantitative estimate of drug-likeness (QED) is 0.842. The van der Waals surface area contributed by atoms with Crippen LogP contribution in [0.25, 0.3) is 0 Å². The monoisotopic (exact) mass is 280 g/mol. The van der Waals surface area contributed by atoms with Crippen LogP contribution in [0.5, 0.6) is 0 Å². The summed E-state index contributed by atoms with van der Waals surface area (Å²) in [6.45, 7) is 9.70. The summed E-state index contributed by atoms with van der Waals surface area (Å²) < 4.78 is 0. The second kappa shape index (κ2) is 7.79. The van der Waals surface area contributed by atoms with Crippen molar-refractivity contribution in [3.8, 4) is 0 Å². The topological polar surface area (TPSA) is 29.3 Å². The number of likely N-dealkylation sites (tertiary alicyclic amines) is 1. The lowest BCUT2D eigenvalue weighted by Crippen LogP contribution is -2.52. The number of hydrogen-bond donors (Lipinski definition) is 1. The minimum atomic E-state index is 0.424. The molecule has 2 heteroatoms. The second-order valence-electron chi connectivity index (χ2n) is 7.67. The molecule has 1 aliphatic carbocycles. The van der Waals surface area contributed by atoms with E-state index in [-0.39, 0.29) is 0 Å². The fourth-order valence-electron chi connectivity index (χ4n) is 4.44. The van der Waals surface area contributed by atoms with E-state index in [2.05, 4.69) is 25.7 Å². The van der Waals surface area contributed by atoms with Crippen molar-refractivity contribution in [3.05, 3.63) is 0 Å². The second-order valence-corrected chi connectivity index (χ2v) is 7.67. The fraction of sp³-hybridized carbons (Fsp3) is 1.00. The Kier molecular flexibility index (Phi) is 6.35. The number of nitrogens with two attached hydrogens (primary N) is 1. The third-order valence-corrected chi connectivity index (χ3v) is 5.90. The summed E-state index contributed by atoms with van der Waals surface area (Å²) in [6, 6.07) is 1.09. The van der Waals surface area contributed by atoms with Crippen LogP contribution in [-0.4, -0.2) is 30.1 Å². The third-order valence-electron chi connectivity index (χ3n) is 5.90. The molecule has 0 radical (unpaired) electrons. The van der Waals surface area contributed by atoms with Crippen LogP contribution in [0, 0.1) is 17.8 Å². The Balaban J connectivity index is 1.91. The van der Waals surface area contributed by atoms with Gasteiger partial charge in [0.2, 0.25) is 0 Å². The Morgan fingerprint density at radius 3 is 2.60 bits per heavy atom. The highest BCUT2D eigenvalue weighted by Gasteiger charge is 2.34. The molecule has 1 saturated heterocycles. The van der Waals surface area contributed by atoms with Crippen LogP contribution in [0.3, 0.4) is 0 Å². The molecule has 0 aromatic heterocycles. The van der Waals surface area contributed by atoms with Crippen LogP contribution < -0.4 is 5.73 Å². The minimum absolute atomic E-state index is 0.424. The fourth-order valence-corrected chi connectivity index (χ4v) is 4.44. The zero-order valence-electron chi connectivity index (χ0n) is 14.0. The maximum Gasteiger partial charge on any atom is 0.0249 e. The average molecular weight is 281 g/mol. The molecule has 0 amide bonds. The van der Waals surface area contributed by atoms with Gasteiger partial charge in [-0.05, 0) is 69.4 Å². The molecular formula is C18H36N2. The molecule has 4 atom stereocenters. The first kappa shape index (κ1) is 16.3. The molecule has 4 unspecified atom stereocenters. The highest BCUT2D eigenvalue weighted by atomic mass is 15.2. The molecule has 1 heterocycles. The van der Waals surface area contributed by atoms with Crippen molar-refractivity contribution in [2.45, 2.75) is 84.2 Å². The van der Waals surface area contributed by atoms with E-state index in [1.165, 1.54) is 64.5 Å². The molecule has 0 aromatic rings. The molecule has 0 spiro atoms. The largest absolute Gasteiger partial charge is 0.326 e. The molecule has 20 heavy (non-hydrogen) atoms.